The second-order valence-electron chi connectivity index (χ2n) is 7.66. The van der Waals surface area contributed by atoms with Crippen molar-refractivity contribution < 1.29 is 4.74 Å². The molecule has 1 atom stereocenters. The van der Waals surface area contributed by atoms with Crippen molar-refractivity contribution in [2.24, 2.45) is 0 Å². The minimum atomic E-state index is -0.157. The maximum absolute atomic E-state index is 9.00. The number of nitrogens with zero attached hydrogens (tertiary/aromatic N) is 4. The summed E-state index contributed by atoms with van der Waals surface area (Å²) in [6, 6.07) is 15.3. The lowest BCUT2D eigenvalue weighted by Gasteiger charge is -2.19. The molecule has 0 saturated heterocycles. The first-order valence-electron chi connectivity index (χ1n) is 10.5. The SMILES string of the molecule is Cc1cc(/C=C/C#N)cc(C)c1Nc1nc(Nc2ccc(C#N)cc2)ncc1C1CC=CO1. The van der Waals surface area contributed by atoms with Crippen LogP contribution in [0.4, 0.5) is 23.1 Å². The number of aryl methyl sites for hydroxylation is 2. The van der Waals surface area contributed by atoms with Crippen molar-refractivity contribution in [1.29, 1.82) is 10.5 Å². The first-order chi connectivity index (χ1) is 16.1. The van der Waals surface area contributed by atoms with Gasteiger partial charge in [-0.15, -0.1) is 0 Å². The van der Waals surface area contributed by atoms with E-state index in [4.69, 9.17) is 20.2 Å². The van der Waals surface area contributed by atoms with Crippen LogP contribution < -0.4 is 10.6 Å². The lowest BCUT2D eigenvalue weighted by molar-refractivity contribution is 0.173. The molecule has 2 aromatic carbocycles. The Labute approximate surface area is 192 Å². The smallest absolute Gasteiger partial charge is 0.229 e. The van der Waals surface area contributed by atoms with E-state index in [0.717, 1.165) is 40.0 Å². The second-order valence-corrected chi connectivity index (χ2v) is 7.66. The molecule has 0 bridgehead atoms. The number of rotatable bonds is 6. The maximum Gasteiger partial charge on any atom is 0.229 e. The van der Waals surface area contributed by atoms with Gasteiger partial charge in [-0.3, -0.25) is 0 Å². The Morgan fingerprint density at radius 1 is 1.09 bits per heavy atom. The zero-order chi connectivity index (χ0) is 23.2. The molecule has 33 heavy (non-hydrogen) atoms. The summed E-state index contributed by atoms with van der Waals surface area (Å²) in [5.74, 6) is 1.09. The Morgan fingerprint density at radius 2 is 1.85 bits per heavy atom. The third-order valence-electron chi connectivity index (χ3n) is 5.27. The zero-order valence-corrected chi connectivity index (χ0v) is 18.3. The fourth-order valence-electron chi connectivity index (χ4n) is 3.67. The molecule has 1 aromatic heterocycles. The van der Waals surface area contributed by atoms with E-state index in [1.165, 1.54) is 6.08 Å². The summed E-state index contributed by atoms with van der Waals surface area (Å²) in [4.78, 5) is 9.22. The molecule has 7 heteroatoms. The highest BCUT2D eigenvalue weighted by Crippen LogP contribution is 2.35. The Morgan fingerprint density at radius 3 is 2.48 bits per heavy atom. The number of nitriles is 2. The van der Waals surface area contributed by atoms with Crippen molar-refractivity contribution in [3.05, 3.63) is 88.8 Å². The number of allylic oxidation sites excluding steroid dienone is 1. The lowest BCUT2D eigenvalue weighted by atomic mass is 10.0. The van der Waals surface area contributed by atoms with Crippen LogP contribution in [-0.2, 0) is 4.74 Å². The van der Waals surface area contributed by atoms with E-state index in [-0.39, 0.29) is 6.10 Å². The largest absolute Gasteiger partial charge is 0.493 e. The number of hydrogen-bond acceptors (Lipinski definition) is 7. The molecule has 7 nitrogen and oxygen atoms in total. The van der Waals surface area contributed by atoms with Crippen LogP contribution in [0.2, 0.25) is 0 Å². The number of anilines is 4. The average molecular weight is 435 g/mol. The van der Waals surface area contributed by atoms with Crippen LogP contribution in [0, 0.1) is 36.5 Å². The molecule has 0 saturated carbocycles. The molecular formula is C26H22N6O. The predicted octanol–water partition coefficient (Wildman–Crippen LogP) is 5.96. The highest BCUT2D eigenvalue weighted by molar-refractivity contribution is 5.71. The van der Waals surface area contributed by atoms with Gasteiger partial charge in [-0.05, 0) is 79.1 Å². The second kappa shape index (κ2) is 9.67. The van der Waals surface area contributed by atoms with E-state index in [1.807, 2.05) is 50.3 Å². The number of nitrogens with one attached hydrogen (secondary N) is 2. The van der Waals surface area contributed by atoms with Crippen molar-refractivity contribution in [2.75, 3.05) is 10.6 Å². The van der Waals surface area contributed by atoms with E-state index in [2.05, 4.69) is 21.7 Å². The van der Waals surface area contributed by atoms with E-state index < -0.39 is 0 Å². The van der Waals surface area contributed by atoms with Crippen LogP contribution >= 0.6 is 0 Å². The van der Waals surface area contributed by atoms with Crippen LogP contribution in [-0.4, -0.2) is 9.97 Å². The van der Waals surface area contributed by atoms with Gasteiger partial charge in [0.2, 0.25) is 5.95 Å². The fourth-order valence-corrected chi connectivity index (χ4v) is 3.67. The van der Waals surface area contributed by atoms with Crippen LogP contribution in [0.25, 0.3) is 6.08 Å². The van der Waals surface area contributed by atoms with Crippen LogP contribution in [0.15, 0.2) is 61.0 Å². The van der Waals surface area contributed by atoms with Crippen molar-refractivity contribution in [2.45, 2.75) is 26.4 Å². The van der Waals surface area contributed by atoms with Crippen molar-refractivity contribution >= 4 is 29.2 Å². The normalized spacial score (nSPS) is 14.5. The molecule has 1 aliphatic rings. The third-order valence-corrected chi connectivity index (χ3v) is 5.27. The summed E-state index contributed by atoms with van der Waals surface area (Å²) in [5.41, 5.74) is 6.20. The summed E-state index contributed by atoms with van der Waals surface area (Å²) >= 11 is 0. The van der Waals surface area contributed by atoms with Crippen LogP contribution in [0.3, 0.4) is 0 Å². The minimum Gasteiger partial charge on any atom is -0.493 e. The maximum atomic E-state index is 9.00. The molecule has 1 unspecified atom stereocenters. The first kappa shape index (κ1) is 21.6. The van der Waals surface area contributed by atoms with Crippen LogP contribution in [0.5, 0.6) is 0 Å². The monoisotopic (exact) mass is 434 g/mol. The van der Waals surface area contributed by atoms with Gasteiger partial charge in [0.15, 0.2) is 0 Å². The number of aromatic nitrogens is 2. The molecule has 1 aliphatic heterocycles. The number of ether oxygens (including phenoxy) is 1. The number of benzene rings is 2. The van der Waals surface area contributed by atoms with Gasteiger partial charge in [0.05, 0.1) is 29.5 Å². The summed E-state index contributed by atoms with van der Waals surface area (Å²) in [5, 5.41) is 24.5. The highest BCUT2D eigenvalue weighted by atomic mass is 16.5. The quantitative estimate of drug-likeness (QED) is 0.461. The lowest BCUT2D eigenvalue weighted by Crippen LogP contribution is -2.09. The Balaban J connectivity index is 1.67. The Kier molecular flexibility index (Phi) is 6.33. The van der Waals surface area contributed by atoms with E-state index >= 15 is 0 Å². The Bertz CT molecular complexity index is 1280. The molecule has 0 spiro atoms. The van der Waals surface area contributed by atoms with Crippen molar-refractivity contribution in [3.63, 3.8) is 0 Å². The average Bonchev–Trinajstić information content (AvgIpc) is 3.35. The third kappa shape index (κ3) is 5.00. The van der Waals surface area contributed by atoms with Crippen LogP contribution in [0.1, 0.15) is 40.3 Å². The molecule has 0 aliphatic carbocycles. The molecule has 2 N–H and O–H groups in total. The summed E-state index contributed by atoms with van der Waals surface area (Å²) in [6.45, 7) is 4.03. The summed E-state index contributed by atoms with van der Waals surface area (Å²) in [6.07, 6.45) is 9.29. The van der Waals surface area contributed by atoms with E-state index in [1.54, 1.807) is 30.7 Å². The van der Waals surface area contributed by atoms with Gasteiger partial charge in [-0.1, -0.05) is 0 Å². The topological polar surface area (TPSA) is 107 Å². The summed E-state index contributed by atoms with van der Waals surface area (Å²) in [7, 11) is 0. The molecule has 0 radical (unpaired) electrons. The first-order valence-corrected chi connectivity index (χ1v) is 10.5. The van der Waals surface area contributed by atoms with Gasteiger partial charge >= 0.3 is 0 Å². The van der Waals surface area contributed by atoms with Gasteiger partial charge in [-0.25, -0.2) is 4.98 Å². The molecule has 3 aromatic rings. The molecule has 162 valence electrons. The molecule has 0 amide bonds. The molecule has 2 heterocycles. The van der Waals surface area contributed by atoms with Gasteiger partial charge in [0.25, 0.3) is 0 Å². The molecule has 0 fully saturated rings. The number of hydrogen-bond donors (Lipinski definition) is 2. The Hall–Kier alpha value is -4.62. The summed E-state index contributed by atoms with van der Waals surface area (Å²) < 4.78 is 5.73. The predicted molar refractivity (Wildman–Crippen MR) is 128 cm³/mol. The van der Waals surface area contributed by atoms with Crippen molar-refractivity contribution in [3.8, 4) is 12.1 Å². The van der Waals surface area contributed by atoms with Gasteiger partial charge < -0.3 is 15.4 Å². The minimum absolute atomic E-state index is 0.157. The standard InChI is InChI=1S/C26H22N6O/c1-17-13-20(5-3-11-27)14-18(2)24(17)31-25-22(23-6-4-12-33-23)16-29-26(32-25)30-21-9-7-19(15-28)8-10-21/h3-5,7-10,12-14,16,23H,6H2,1-2H3,(H2,29,30,31,32)/b5-3+. The van der Waals surface area contributed by atoms with Crippen molar-refractivity contribution in [1.82, 2.24) is 9.97 Å². The van der Waals surface area contributed by atoms with E-state index in [9.17, 15) is 0 Å². The zero-order valence-electron chi connectivity index (χ0n) is 18.3. The molecular weight excluding hydrogens is 412 g/mol. The molecule has 4 rings (SSSR count). The highest BCUT2D eigenvalue weighted by Gasteiger charge is 2.21. The van der Waals surface area contributed by atoms with Gasteiger partial charge in [0.1, 0.15) is 11.9 Å². The van der Waals surface area contributed by atoms with Gasteiger partial charge in [0, 0.05) is 30.1 Å². The fraction of sp³-hybridized carbons (Fsp3) is 0.154. The van der Waals surface area contributed by atoms with E-state index in [0.29, 0.717) is 17.3 Å². The van der Waals surface area contributed by atoms with Gasteiger partial charge in [-0.2, -0.15) is 15.5 Å².